The molecule has 0 amide bonds. The Bertz CT molecular complexity index is 733. The zero-order valence-electron chi connectivity index (χ0n) is 15.5. The van der Waals surface area contributed by atoms with Gasteiger partial charge in [0.2, 0.25) is 0 Å². The molecule has 3 N–H and O–H groups in total. The lowest BCUT2D eigenvalue weighted by Crippen LogP contribution is -2.40. The number of halogens is 2. The number of guanidine groups is 1. The maximum Gasteiger partial charge on any atom is 0.191 e. The van der Waals surface area contributed by atoms with Crippen LogP contribution in [0.5, 0.6) is 0 Å². The molecular formula is C21H27FIN3O. The zero-order chi connectivity index (χ0) is 18.4. The normalized spacial score (nSPS) is 16.2. The fourth-order valence-corrected chi connectivity index (χ4v) is 3.05. The summed E-state index contributed by atoms with van der Waals surface area (Å²) in [6.45, 7) is 3.79. The number of aliphatic hydroxyl groups excluding tert-OH is 1. The SMILES string of the molecule is CCNC(=NCC1(c2ccccc2)CC1)NCC(O)c1ccc(F)cc1.I. The molecule has 1 fully saturated rings. The first-order valence-corrected chi connectivity index (χ1v) is 9.14. The number of benzene rings is 2. The van der Waals surface area contributed by atoms with Crippen LogP contribution in [0.4, 0.5) is 4.39 Å². The minimum Gasteiger partial charge on any atom is -0.387 e. The van der Waals surface area contributed by atoms with Crippen molar-refractivity contribution < 1.29 is 9.50 Å². The van der Waals surface area contributed by atoms with Crippen LogP contribution < -0.4 is 10.6 Å². The molecule has 1 saturated carbocycles. The second-order valence-corrected chi connectivity index (χ2v) is 6.79. The third-order valence-electron chi connectivity index (χ3n) is 4.84. The van der Waals surface area contributed by atoms with E-state index < -0.39 is 6.10 Å². The first-order chi connectivity index (χ1) is 12.6. The number of nitrogens with one attached hydrogen (secondary N) is 2. The minimum absolute atomic E-state index is 0. The van der Waals surface area contributed by atoms with Gasteiger partial charge in [0.25, 0.3) is 0 Å². The molecule has 146 valence electrons. The summed E-state index contributed by atoms with van der Waals surface area (Å²) < 4.78 is 13.0. The third-order valence-corrected chi connectivity index (χ3v) is 4.84. The van der Waals surface area contributed by atoms with E-state index in [0.29, 0.717) is 18.1 Å². The number of aliphatic hydroxyl groups is 1. The van der Waals surface area contributed by atoms with Crippen LogP contribution in [0.15, 0.2) is 59.6 Å². The van der Waals surface area contributed by atoms with E-state index in [1.165, 1.54) is 17.7 Å². The molecule has 0 saturated heterocycles. The smallest absolute Gasteiger partial charge is 0.191 e. The molecule has 1 aliphatic rings. The number of hydrogen-bond donors (Lipinski definition) is 3. The molecule has 4 nitrogen and oxygen atoms in total. The minimum atomic E-state index is -0.719. The summed E-state index contributed by atoms with van der Waals surface area (Å²) in [5.41, 5.74) is 2.17. The van der Waals surface area contributed by atoms with Crippen LogP contribution in [-0.4, -0.2) is 30.7 Å². The Kier molecular flexibility index (Phi) is 8.04. The largest absolute Gasteiger partial charge is 0.387 e. The molecule has 3 rings (SSSR count). The van der Waals surface area contributed by atoms with E-state index in [2.05, 4.69) is 34.9 Å². The van der Waals surface area contributed by atoms with E-state index in [1.807, 2.05) is 13.0 Å². The van der Waals surface area contributed by atoms with Crippen LogP contribution in [0.1, 0.15) is 37.0 Å². The van der Waals surface area contributed by atoms with Crippen LogP contribution in [0.2, 0.25) is 0 Å². The summed E-state index contributed by atoms with van der Waals surface area (Å²) in [6.07, 6.45) is 1.58. The molecule has 1 atom stereocenters. The molecule has 1 aliphatic carbocycles. The molecule has 6 heteroatoms. The van der Waals surface area contributed by atoms with Crippen molar-refractivity contribution in [1.29, 1.82) is 0 Å². The van der Waals surface area contributed by atoms with E-state index >= 15 is 0 Å². The average molecular weight is 483 g/mol. The van der Waals surface area contributed by atoms with Crippen molar-refractivity contribution in [2.45, 2.75) is 31.3 Å². The molecule has 0 bridgehead atoms. The van der Waals surface area contributed by atoms with Gasteiger partial charge in [-0.1, -0.05) is 42.5 Å². The van der Waals surface area contributed by atoms with E-state index in [0.717, 1.165) is 25.9 Å². The van der Waals surface area contributed by atoms with Gasteiger partial charge < -0.3 is 15.7 Å². The van der Waals surface area contributed by atoms with Crippen LogP contribution in [0, 0.1) is 5.82 Å². The molecule has 1 unspecified atom stereocenters. The standard InChI is InChI=1S/C21H26FN3O.HI/c1-2-23-20(24-14-19(26)16-8-10-18(22)11-9-16)25-15-21(12-13-21)17-6-4-3-5-7-17;/h3-11,19,26H,2,12-15H2,1H3,(H2,23,24,25);1H. The fraction of sp³-hybridized carbons (Fsp3) is 0.381. The summed E-state index contributed by atoms with van der Waals surface area (Å²) in [5.74, 6) is 0.385. The van der Waals surface area contributed by atoms with Gasteiger partial charge in [0.05, 0.1) is 12.6 Å². The molecule has 0 radical (unpaired) electrons. The van der Waals surface area contributed by atoms with Crippen molar-refractivity contribution in [3.05, 3.63) is 71.5 Å². The Morgan fingerprint density at radius 2 is 1.78 bits per heavy atom. The second-order valence-electron chi connectivity index (χ2n) is 6.79. The summed E-state index contributed by atoms with van der Waals surface area (Å²) in [5, 5.41) is 16.7. The van der Waals surface area contributed by atoms with Gasteiger partial charge in [-0.2, -0.15) is 0 Å². The highest BCUT2D eigenvalue weighted by atomic mass is 127. The van der Waals surface area contributed by atoms with Crippen molar-refractivity contribution in [3.63, 3.8) is 0 Å². The molecule has 0 aliphatic heterocycles. The zero-order valence-corrected chi connectivity index (χ0v) is 17.8. The Hall–Kier alpha value is -1.67. The lowest BCUT2D eigenvalue weighted by atomic mass is 9.96. The molecule has 0 heterocycles. The summed E-state index contributed by atoms with van der Waals surface area (Å²) in [7, 11) is 0. The van der Waals surface area contributed by atoms with Crippen LogP contribution in [0.3, 0.4) is 0 Å². The van der Waals surface area contributed by atoms with Gasteiger partial charge in [0.15, 0.2) is 5.96 Å². The van der Waals surface area contributed by atoms with Gasteiger partial charge >= 0.3 is 0 Å². The summed E-state index contributed by atoms with van der Waals surface area (Å²) in [4.78, 5) is 4.73. The second kappa shape index (κ2) is 10.0. The van der Waals surface area contributed by atoms with Crippen molar-refractivity contribution in [2.24, 2.45) is 4.99 Å². The summed E-state index contributed by atoms with van der Waals surface area (Å²) in [6, 6.07) is 16.4. The monoisotopic (exact) mass is 483 g/mol. The quantitative estimate of drug-likeness (QED) is 0.320. The lowest BCUT2D eigenvalue weighted by Gasteiger charge is -2.18. The van der Waals surface area contributed by atoms with Crippen LogP contribution in [-0.2, 0) is 5.41 Å². The highest BCUT2D eigenvalue weighted by Crippen LogP contribution is 2.48. The van der Waals surface area contributed by atoms with E-state index in [4.69, 9.17) is 4.99 Å². The van der Waals surface area contributed by atoms with Gasteiger partial charge in [-0.3, -0.25) is 4.99 Å². The average Bonchev–Trinajstić information content (AvgIpc) is 3.46. The predicted octanol–water partition coefficient (Wildman–Crippen LogP) is 3.76. The van der Waals surface area contributed by atoms with Gasteiger partial charge in [0, 0.05) is 18.5 Å². The van der Waals surface area contributed by atoms with Crippen molar-refractivity contribution >= 4 is 29.9 Å². The number of rotatable bonds is 7. The van der Waals surface area contributed by atoms with E-state index in [1.54, 1.807) is 12.1 Å². The van der Waals surface area contributed by atoms with Gasteiger partial charge in [-0.25, -0.2) is 4.39 Å². The third kappa shape index (κ3) is 5.90. The molecule has 0 spiro atoms. The molecule has 2 aromatic rings. The molecule has 2 aromatic carbocycles. The van der Waals surface area contributed by atoms with Crippen LogP contribution in [0.25, 0.3) is 0 Å². The first kappa shape index (κ1) is 21.6. The fourth-order valence-electron chi connectivity index (χ4n) is 3.05. The van der Waals surface area contributed by atoms with Gasteiger partial charge in [-0.15, -0.1) is 24.0 Å². The van der Waals surface area contributed by atoms with Crippen molar-refractivity contribution in [1.82, 2.24) is 10.6 Å². The Balaban J connectivity index is 0.00000261. The van der Waals surface area contributed by atoms with E-state index in [9.17, 15) is 9.50 Å². The Labute approximate surface area is 177 Å². The Morgan fingerprint density at radius 1 is 1.11 bits per heavy atom. The van der Waals surface area contributed by atoms with Crippen LogP contribution >= 0.6 is 24.0 Å². The van der Waals surface area contributed by atoms with Crippen molar-refractivity contribution in [3.8, 4) is 0 Å². The highest BCUT2D eigenvalue weighted by Gasteiger charge is 2.43. The number of hydrogen-bond acceptors (Lipinski definition) is 2. The highest BCUT2D eigenvalue weighted by molar-refractivity contribution is 14.0. The summed E-state index contributed by atoms with van der Waals surface area (Å²) >= 11 is 0. The first-order valence-electron chi connectivity index (χ1n) is 9.14. The van der Waals surface area contributed by atoms with Crippen molar-refractivity contribution in [2.75, 3.05) is 19.6 Å². The molecular weight excluding hydrogens is 456 g/mol. The van der Waals surface area contributed by atoms with E-state index in [-0.39, 0.29) is 35.2 Å². The molecule has 0 aromatic heterocycles. The number of nitrogens with zero attached hydrogens (tertiary/aromatic N) is 1. The van der Waals surface area contributed by atoms with Gasteiger partial charge in [-0.05, 0) is 43.0 Å². The lowest BCUT2D eigenvalue weighted by molar-refractivity contribution is 0.180. The Morgan fingerprint density at radius 3 is 2.37 bits per heavy atom. The number of aliphatic imine (C=N–C) groups is 1. The molecule has 27 heavy (non-hydrogen) atoms. The predicted molar refractivity (Wildman–Crippen MR) is 118 cm³/mol. The topological polar surface area (TPSA) is 56.7 Å². The maximum absolute atomic E-state index is 13.0. The maximum atomic E-state index is 13.0. The van der Waals surface area contributed by atoms with Gasteiger partial charge in [0.1, 0.15) is 5.82 Å².